The lowest BCUT2D eigenvalue weighted by molar-refractivity contribution is -0.137. The van der Waals surface area contributed by atoms with Gasteiger partial charge in [0.25, 0.3) is 0 Å². The zero-order chi connectivity index (χ0) is 12.1. The van der Waals surface area contributed by atoms with Crippen molar-refractivity contribution in [1.29, 1.82) is 0 Å². The monoisotopic (exact) mass is 260 g/mol. The van der Waals surface area contributed by atoms with Crippen LogP contribution in [0.25, 0.3) is 6.08 Å². The third kappa shape index (κ3) is 3.43. The van der Waals surface area contributed by atoms with Crippen LogP contribution in [0.3, 0.4) is 0 Å². The molecule has 0 bridgehead atoms. The van der Waals surface area contributed by atoms with Crippen molar-refractivity contribution in [3.8, 4) is 5.75 Å². The van der Waals surface area contributed by atoms with Crippen LogP contribution in [0.15, 0.2) is 18.2 Å². The van der Waals surface area contributed by atoms with Gasteiger partial charge in [-0.2, -0.15) is 0 Å². The van der Waals surface area contributed by atoms with Gasteiger partial charge in [0, 0.05) is 16.7 Å². The lowest BCUT2D eigenvalue weighted by Gasteiger charge is -2.02. The van der Waals surface area contributed by atoms with Crippen LogP contribution in [-0.2, 0) is 9.53 Å². The third-order valence-electron chi connectivity index (χ3n) is 1.74. The summed E-state index contributed by atoms with van der Waals surface area (Å²) in [5.41, 5.74) is 0.366. The van der Waals surface area contributed by atoms with Gasteiger partial charge in [0.2, 0.25) is 0 Å². The van der Waals surface area contributed by atoms with E-state index in [-0.39, 0.29) is 10.8 Å². The number of phenols is 1. The molecule has 0 aliphatic rings. The van der Waals surface area contributed by atoms with Crippen LogP contribution in [0.1, 0.15) is 12.5 Å². The number of aromatic hydroxyl groups is 1. The molecular formula is C11H10Cl2O3. The van der Waals surface area contributed by atoms with Gasteiger partial charge in [-0.25, -0.2) is 4.79 Å². The molecule has 0 unspecified atom stereocenters. The zero-order valence-electron chi connectivity index (χ0n) is 8.54. The Hall–Kier alpha value is -1.19. The predicted octanol–water partition coefficient (Wildman–Crippen LogP) is 3.28. The third-order valence-corrected chi connectivity index (χ3v) is 2.25. The highest BCUT2D eigenvalue weighted by atomic mass is 35.5. The van der Waals surface area contributed by atoms with E-state index in [9.17, 15) is 9.90 Å². The Labute approximate surface area is 103 Å². The van der Waals surface area contributed by atoms with Gasteiger partial charge in [-0.3, -0.25) is 0 Å². The maximum atomic E-state index is 11.0. The second-order valence-electron chi connectivity index (χ2n) is 2.91. The van der Waals surface area contributed by atoms with Crippen LogP contribution in [-0.4, -0.2) is 17.7 Å². The molecule has 1 aromatic rings. The average molecular weight is 261 g/mol. The van der Waals surface area contributed by atoms with Crippen molar-refractivity contribution in [2.75, 3.05) is 6.61 Å². The Bertz CT molecular complexity index is 427. The molecule has 16 heavy (non-hydrogen) atoms. The van der Waals surface area contributed by atoms with E-state index >= 15 is 0 Å². The lowest BCUT2D eigenvalue weighted by atomic mass is 10.2. The number of ether oxygens (including phenoxy) is 1. The van der Waals surface area contributed by atoms with Crippen LogP contribution >= 0.6 is 23.2 Å². The van der Waals surface area contributed by atoms with Crippen molar-refractivity contribution in [3.05, 3.63) is 33.8 Å². The molecule has 0 aliphatic heterocycles. The first-order chi connectivity index (χ1) is 7.54. The predicted molar refractivity (Wildman–Crippen MR) is 63.8 cm³/mol. The Kier molecular flexibility index (Phi) is 4.65. The fraction of sp³-hybridized carbons (Fsp3) is 0.182. The first-order valence-corrected chi connectivity index (χ1v) is 5.33. The standard InChI is InChI=1S/C11H10Cl2O3/c1-2-16-10(14)4-3-7-5-8(12)6-9(13)11(7)15/h3-6,15H,2H2,1H3. The number of phenolic OH excluding ortho intramolecular Hbond substituents is 1. The van der Waals surface area contributed by atoms with Gasteiger partial charge in [-0.1, -0.05) is 23.2 Å². The summed E-state index contributed by atoms with van der Waals surface area (Å²) >= 11 is 11.5. The van der Waals surface area contributed by atoms with Crippen LogP contribution in [0.5, 0.6) is 5.75 Å². The summed E-state index contributed by atoms with van der Waals surface area (Å²) in [6.45, 7) is 2.00. The quantitative estimate of drug-likeness (QED) is 0.670. The van der Waals surface area contributed by atoms with Gasteiger partial charge >= 0.3 is 5.97 Å². The molecule has 0 aromatic heterocycles. The average Bonchev–Trinajstić information content (AvgIpc) is 2.21. The highest BCUT2D eigenvalue weighted by Gasteiger charge is 2.05. The molecule has 0 atom stereocenters. The molecule has 3 nitrogen and oxygen atoms in total. The maximum absolute atomic E-state index is 11.0. The van der Waals surface area contributed by atoms with E-state index in [0.717, 1.165) is 0 Å². The summed E-state index contributed by atoms with van der Waals surface area (Å²) in [5.74, 6) is -0.607. The molecule has 0 aliphatic carbocycles. The SMILES string of the molecule is CCOC(=O)C=Cc1cc(Cl)cc(Cl)c1O. The summed E-state index contributed by atoms with van der Waals surface area (Å²) in [4.78, 5) is 11.0. The first kappa shape index (κ1) is 12.9. The Morgan fingerprint density at radius 2 is 2.19 bits per heavy atom. The summed E-state index contributed by atoms with van der Waals surface area (Å²) in [5, 5.41) is 10.1. The Morgan fingerprint density at radius 1 is 1.50 bits per heavy atom. The van der Waals surface area contributed by atoms with Gasteiger partial charge in [0.15, 0.2) is 0 Å². The van der Waals surface area contributed by atoms with Gasteiger partial charge < -0.3 is 9.84 Å². The first-order valence-electron chi connectivity index (χ1n) is 4.57. The maximum Gasteiger partial charge on any atom is 0.330 e. The molecule has 0 fully saturated rings. The normalized spacial score (nSPS) is 10.7. The van der Waals surface area contributed by atoms with E-state index in [0.29, 0.717) is 17.2 Å². The molecule has 1 aromatic carbocycles. The van der Waals surface area contributed by atoms with Gasteiger partial charge in [-0.15, -0.1) is 0 Å². The highest BCUT2D eigenvalue weighted by Crippen LogP contribution is 2.31. The number of carbonyl (C=O) groups excluding carboxylic acids is 1. The topological polar surface area (TPSA) is 46.5 Å². The molecular weight excluding hydrogens is 251 g/mol. The lowest BCUT2D eigenvalue weighted by Crippen LogP contribution is -1.98. The second kappa shape index (κ2) is 5.77. The smallest absolute Gasteiger partial charge is 0.330 e. The fourth-order valence-corrected chi connectivity index (χ4v) is 1.57. The van der Waals surface area contributed by atoms with E-state index in [1.165, 1.54) is 24.3 Å². The van der Waals surface area contributed by atoms with Crippen LogP contribution in [0.4, 0.5) is 0 Å². The molecule has 5 heteroatoms. The van der Waals surface area contributed by atoms with E-state index in [1.54, 1.807) is 6.92 Å². The molecule has 0 spiro atoms. The number of hydrogen-bond donors (Lipinski definition) is 1. The summed E-state index contributed by atoms with van der Waals surface area (Å²) < 4.78 is 4.69. The molecule has 1 N–H and O–H groups in total. The van der Waals surface area contributed by atoms with Crippen molar-refractivity contribution < 1.29 is 14.6 Å². The number of hydrogen-bond acceptors (Lipinski definition) is 3. The Balaban J connectivity index is 2.93. The molecule has 0 radical (unpaired) electrons. The van der Waals surface area contributed by atoms with E-state index in [4.69, 9.17) is 27.9 Å². The summed E-state index contributed by atoms with van der Waals surface area (Å²) in [6.07, 6.45) is 2.59. The van der Waals surface area contributed by atoms with Crippen molar-refractivity contribution in [2.24, 2.45) is 0 Å². The molecule has 0 amide bonds. The summed E-state index contributed by atoms with van der Waals surface area (Å²) in [7, 11) is 0. The molecule has 0 saturated heterocycles. The Morgan fingerprint density at radius 3 is 2.81 bits per heavy atom. The number of halogens is 2. The summed E-state index contributed by atoms with van der Waals surface area (Å²) in [6, 6.07) is 2.92. The second-order valence-corrected chi connectivity index (χ2v) is 3.75. The molecule has 86 valence electrons. The van der Waals surface area contributed by atoms with Gasteiger partial charge in [0.05, 0.1) is 11.6 Å². The van der Waals surface area contributed by atoms with Gasteiger partial charge in [0.1, 0.15) is 5.75 Å². The number of rotatable bonds is 3. The van der Waals surface area contributed by atoms with E-state index < -0.39 is 5.97 Å². The van der Waals surface area contributed by atoms with Crippen molar-refractivity contribution in [3.63, 3.8) is 0 Å². The molecule has 1 rings (SSSR count). The highest BCUT2D eigenvalue weighted by molar-refractivity contribution is 6.35. The fourth-order valence-electron chi connectivity index (χ4n) is 1.06. The van der Waals surface area contributed by atoms with E-state index in [1.807, 2.05) is 0 Å². The van der Waals surface area contributed by atoms with Crippen molar-refractivity contribution in [1.82, 2.24) is 0 Å². The number of carbonyl (C=O) groups is 1. The van der Waals surface area contributed by atoms with E-state index in [2.05, 4.69) is 0 Å². The van der Waals surface area contributed by atoms with Crippen molar-refractivity contribution in [2.45, 2.75) is 6.92 Å². The minimum atomic E-state index is -0.488. The van der Waals surface area contributed by atoms with Crippen LogP contribution in [0.2, 0.25) is 10.0 Å². The van der Waals surface area contributed by atoms with Crippen LogP contribution in [0, 0.1) is 0 Å². The molecule has 0 saturated carbocycles. The molecule has 0 heterocycles. The van der Waals surface area contributed by atoms with Gasteiger partial charge in [-0.05, 0) is 25.1 Å². The zero-order valence-corrected chi connectivity index (χ0v) is 10.0. The minimum absolute atomic E-state index is 0.119. The number of benzene rings is 1. The number of esters is 1. The van der Waals surface area contributed by atoms with Crippen LogP contribution < -0.4 is 0 Å². The van der Waals surface area contributed by atoms with Crippen molar-refractivity contribution >= 4 is 35.2 Å². The minimum Gasteiger partial charge on any atom is -0.506 e. The largest absolute Gasteiger partial charge is 0.506 e.